The van der Waals surface area contributed by atoms with Crippen LogP contribution in [0.15, 0.2) is 23.7 Å². The van der Waals surface area contributed by atoms with Gasteiger partial charge >= 0.3 is 5.97 Å². The number of rotatable bonds is 3. The minimum atomic E-state index is -0.874. The Labute approximate surface area is 90.6 Å². The molecule has 78 valence electrons. The molecule has 1 atom stereocenters. The van der Waals surface area contributed by atoms with Gasteiger partial charge in [-0.2, -0.15) is 0 Å². The van der Waals surface area contributed by atoms with Crippen LogP contribution in [-0.2, 0) is 4.79 Å². The van der Waals surface area contributed by atoms with Gasteiger partial charge in [-0.3, -0.25) is 4.79 Å². The van der Waals surface area contributed by atoms with E-state index in [1.54, 1.807) is 18.6 Å². The van der Waals surface area contributed by atoms with Crippen LogP contribution in [0.5, 0.6) is 0 Å². The molecular formula is C10H10N2O2S. The molecule has 1 heterocycles. The second kappa shape index (κ2) is 3.96. The summed E-state index contributed by atoms with van der Waals surface area (Å²) < 4.78 is 1.01. The van der Waals surface area contributed by atoms with E-state index >= 15 is 0 Å². The molecule has 2 aromatic rings. The van der Waals surface area contributed by atoms with Crippen molar-refractivity contribution in [2.24, 2.45) is 0 Å². The fourth-order valence-electron chi connectivity index (χ4n) is 1.48. The number of carboxylic acids is 1. The van der Waals surface area contributed by atoms with E-state index < -0.39 is 12.0 Å². The average molecular weight is 222 g/mol. The van der Waals surface area contributed by atoms with Gasteiger partial charge in [0.05, 0.1) is 15.7 Å². The van der Waals surface area contributed by atoms with Crippen molar-refractivity contribution in [2.75, 3.05) is 7.05 Å². The summed E-state index contributed by atoms with van der Waals surface area (Å²) in [5, 5.41) is 11.7. The predicted octanol–water partition coefficient (Wildman–Crippen LogP) is 1.64. The number of likely N-dealkylation sites (N-methyl/N-ethyl adjacent to an activating group) is 1. The van der Waals surface area contributed by atoms with Crippen molar-refractivity contribution in [1.29, 1.82) is 0 Å². The quantitative estimate of drug-likeness (QED) is 0.828. The third-order valence-corrected chi connectivity index (χ3v) is 3.02. The SMILES string of the molecule is CNC(C(=O)O)c1ccc2ncsc2c1. The van der Waals surface area contributed by atoms with E-state index in [4.69, 9.17) is 5.11 Å². The Morgan fingerprint density at radius 3 is 3.07 bits per heavy atom. The van der Waals surface area contributed by atoms with Gasteiger partial charge in [0.15, 0.2) is 0 Å². The van der Waals surface area contributed by atoms with E-state index in [2.05, 4.69) is 10.3 Å². The van der Waals surface area contributed by atoms with Crippen molar-refractivity contribution in [2.45, 2.75) is 6.04 Å². The number of carbonyl (C=O) groups is 1. The largest absolute Gasteiger partial charge is 0.480 e. The van der Waals surface area contributed by atoms with E-state index in [9.17, 15) is 4.79 Å². The number of nitrogens with zero attached hydrogens (tertiary/aromatic N) is 1. The molecule has 0 bridgehead atoms. The first-order valence-electron chi connectivity index (χ1n) is 4.45. The molecule has 0 amide bonds. The smallest absolute Gasteiger partial charge is 0.325 e. The van der Waals surface area contributed by atoms with Gasteiger partial charge in [-0.15, -0.1) is 11.3 Å². The highest BCUT2D eigenvalue weighted by Crippen LogP contribution is 2.22. The van der Waals surface area contributed by atoms with Gasteiger partial charge in [-0.1, -0.05) is 6.07 Å². The molecule has 0 saturated carbocycles. The average Bonchev–Trinajstić information content (AvgIpc) is 2.65. The summed E-state index contributed by atoms with van der Waals surface area (Å²) in [6, 6.07) is 4.84. The van der Waals surface area contributed by atoms with Gasteiger partial charge in [0.1, 0.15) is 6.04 Å². The van der Waals surface area contributed by atoms with Crippen LogP contribution in [0.2, 0.25) is 0 Å². The molecule has 0 aliphatic carbocycles. The zero-order valence-corrected chi connectivity index (χ0v) is 8.91. The molecule has 1 unspecified atom stereocenters. The number of hydrogen-bond acceptors (Lipinski definition) is 4. The molecule has 15 heavy (non-hydrogen) atoms. The highest BCUT2D eigenvalue weighted by molar-refractivity contribution is 7.16. The Balaban J connectivity index is 2.46. The molecule has 5 heteroatoms. The second-order valence-corrected chi connectivity index (χ2v) is 4.03. The fourth-order valence-corrected chi connectivity index (χ4v) is 2.21. The van der Waals surface area contributed by atoms with Crippen molar-refractivity contribution in [3.05, 3.63) is 29.3 Å². The maximum absolute atomic E-state index is 10.9. The normalized spacial score (nSPS) is 12.9. The van der Waals surface area contributed by atoms with Gasteiger partial charge in [0, 0.05) is 0 Å². The van der Waals surface area contributed by atoms with Crippen LogP contribution < -0.4 is 5.32 Å². The van der Waals surface area contributed by atoms with Crippen molar-refractivity contribution >= 4 is 27.5 Å². The zero-order chi connectivity index (χ0) is 10.8. The summed E-state index contributed by atoms with van der Waals surface area (Å²) in [5.41, 5.74) is 3.41. The van der Waals surface area contributed by atoms with E-state index in [1.807, 2.05) is 12.1 Å². The van der Waals surface area contributed by atoms with E-state index in [-0.39, 0.29) is 0 Å². The summed E-state index contributed by atoms with van der Waals surface area (Å²) >= 11 is 1.51. The lowest BCUT2D eigenvalue weighted by Crippen LogP contribution is -2.24. The molecule has 2 rings (SSSR count). The Hall–Kier alpha value is -1.46. The topological polar surface area (TPSA) is 62.2 Å². The van der Waals surface area contributed by atoms with Crippen molar-refractivity contribution < 1.29 is 9.90 Å². The van der Waals surface area contributed by atoms with Crippen LogP contribution in [0.1, 0.15) is 11.6 Å². The van der Waals surface area contributed by atoms with E-state index in [0.29, 0.717) is 0 Å². The van der Waals surface area contributed by atoms with Gasteiger partial charge in [-0.05, 0) is 24.7 Å². The Bertz CT molecular complexity index is 495. The van der Waals surface area contributed by atoms with Gasteiger partial charge in [0.2, 0.25) is 0 Å². The summed E-state index contributed by atoms with van der Waals surface area (Å²) in [4.78, 5) is 15.1. The van der Waals surface area contributed by atoms with E-state index in [0.717, 1.165) is 15.8 Å². The minimum Gasteiger partial charge on any atom is -0.480 e. The number of nitrogens with one attached hydrogen (secondary N) is 1. The maximum Gasteiger partial charge on any atom is 0.325 e. The molecule has 1 aromatic carbocycles. The van der Waals surface area contributed by atoms with Crippen molar-refractivity contribution in [3.63, 3.8) is 0 Å². The Kier molecular flexibility index (Phi) is 2.66. The number of carboxylic acid groups (broad SMARTS) is 1. The first kappa shape index (κ1) is 10.1. The summed E-state index contributed by atoms with van der Waals surface area (Å²) in [7, 11) is 1.63. The fraction of sp³-hybridized carbons (Fsp3) is 0.200. The molecule has 0 fully saturated rings. The summed E-state index contributed by atoms with van der Waals surface area (Å²) in [6.45, 7) is 0. The van der Waals surface area contributed by atoms with Crippen LogP contribution >= 0.6 is 11.3 Å². The highest BCUT2D eigenvalue weighted by atomic mass is 32.1. The number of thiazole rings is 1. The molecule has 0 radical (unpaired) electrons. The third-order valence-electron chi connectivity index (χ3n) is 2.22. The number of fused-ring (bicyclic) bond motifs is 1. The van der Waals surface area contributed by atoms with Crippen LogP contribution in [0.25, 0.3) is 10.2 Å². The lowest BCUT2D eigenvalue weighted by atomic mass is 10.1. The first-order chi connectivity index (χ1) is 7.22. The van der Waals surface area contributed by atoms with Gasteiger partial charge < -0.3 is 10.4 Å². The number of aromatic nitrogens is 1. The summed E-state index contributed by atoms with van der Waals surface area (Å²) in [6.07, 6.45) is 0. The standard InChI is InChI=1S/C10H10N2O2S/c1-11-9(10(13)14)6-2-3-7-8(4-6)15-5-12-7/h2-5,9,11H,1H3,(H,13,14). The molecule has 4 nitrogen and oxygen atoms in total. The first-order valence-corrected chi connectivity index (χ1v) is 5.33. The highest BCUT2D eigenvalue weighted by Gasteiger charge is 2.17. The lowest BCUT2D eigenvalue weighted by Gasteiger charge is -2.10. The number of aliphatic carboxylic acids is 1. The number of hydrogen-bond donors (Lipinski definition) is 2. The Morgan fingerprint density at radius 2 is 2.40 bits per heavy atom. The molecule has 0 aliphatic rings. The lowest BCUT2D eigenvalue weighted by molar-refractivity contribution is -0.139. The molecule has 0 aliphatic heterocycles. The van der Waals surface area contributed by atoms with Crippen LogP contribution in [-0.4, -0.2) is 23.1 Å². The molecule has 0 saturated heterocycles. The van der Waals surface area contributed by atoms with Crippen molar-refractivity contribution in [3.8, 4) is 0 Å². The predicted molar refractivity (Wildman–Crippen MR) is 59.1 cm³/mol. The molecular weight excluding hydrogens is 212 g/mol. The van der Waals surface area contributed by atoms with Crippen molar-refractivity contribution in [1.82, 2.24) is 10.3 Å². The summed E-state index contributed by atoms with van der Waals surface area (Å²) in [5.74, 6) is -0.874. The number of benzene rings is 1. The van der Waals surface area contributed by atoms with Gasteiger partial charge in [0.25, 0.3) is 0 Å². The Morgan fingerprint density at radius 1 is 1.60 bits per heavy atom. The van der Waals surface area contributed by atoms with E-state index in [1.165, 1.54) is 11.3 Å². The molecule has 0 spiro atoms. The van der Waals surface area contributed by atoms with Crippen LogP contribution in [0.4, 0.5) is 0 Å². The second-order valence-electron chi connectivity index (χ2n) is 3.14. The minimum absolute atomic E-state index is 0.656. The molecule has 1 aromatic heterocycles. The van der Waals surface area contributed by atoms with Crippen LogP contribution in [0.3, 0.4) is 0 Å². The third kappa shape index (κ3) is 1.84. The monoisotopic (exact) mass is 222 g/mol. The molecule has 2 N–H and O–H groups in total. The maximum atomic E-state index is 10.9. The van der Waals surface area contributed by atoms with Gasteiger partial charge in [-0.25, -0.2) is 4.98 Å². The van der Waals surface area contributed by atoms with Crippen LogP contribution in [0, 0.1) is 0 Å². The zero-order valence-electron chi connectivity index (χ0n) is 8.10.